The van der Waals surface area contributed by atoms with Gasteiger partial charge < -0.3 is 5.32 Å². The summed E-state index contributed by atoms with van der Waals surface area (Å²) in [6.45, 7) is -0.910. The highest BCUT2D eigenvalue weighted by molar-refractivity contribution is 7.89. The molecule has 0 bridgehead atoms. The number of nitrogens with one attached hydrogen (secondary N) is 2. The zero-order chi connectivity index (χ0) is 17.9. The van der Waals surface area contributed by atoms with Crippen LogP contribution in [0.3, 0.4) is 0 Å². The molecule has 0 unspecified atom stereocenters. The fraction of sp³-hybridized carbons (Fsp3) is 0.0714. The number of carbonyl (C=O) groups excluding carboxylic acids is 1. The summed E-state index contributed by atoms with van der Waals surface area (Å²) < 4.78 is 78.4. The maximum Gasteiger partial charge on any atom is 0.246 e. The normalized spacial score (nSPS) is 11.3. The molecule has 0 heterocycles. The molecule has 0 aliphatic heterocycles. The van der Waals surface area contributed by atoms with Gasteiger partial charge in [-0.1, -0.05) is 6.07 Å². The zero-order valence-electron chi connectivity index (χ0n) is 11.8. The second-order valence-corrected chi connectivity index (χ2v) is 6.25. The van der Waals surface area contributed by atoms with Crippen LogP contribution in [0.1, 0.15) is 0 Å². The van der Waals surface area contributed by atoms with Crippen LogP contribution in [0, 0.1) is 23.3 Å². The van der Waals surface area contributed by atoms with Gasteiger partial charge in [-0.2, -0.15) is 0 Å². The topological polar surface area (TPSA) is 75.3 Å². The molecule has 2 rings (SSSR count). The van der Waals surface area contributed by atoms with Crippen molar-refractivity contribution < 1.29 is 30.8 Å². The number of hydrogen-bond acceptors (Lipinski definition) is 3. The quantitative estimate of drug-likeness (QED) is 0.801. The van der Waals surface area contributed by atoms with Crippen LogP contribution in [-0.4, -0.2) is 20.9 Å². The fourth-order valence-corrected chi connectivity index (χ4v) is 2.87. The van der Waals surface area contributed by atoms with Gasteiger partial charge in [-0.3, -0.25) is 4.79 Å². The molecular formula is C14H10F4N2O3S. The molecule has 1 amide bonds. The Morgan fingerprint density at radius 1 is 0.958 bits per heavy atom. The summed E-state index contributed by atoms with van der Waals surface area (Å²) in [6, 6.07) is 4.81. The second kappa shape index (κ2) is 6.97. The van der Waals surface area contributed by atoms with Crippen molar-refractivity contribution in [3.8, 4) is 0 Å². The molecule has 128 valence electrons. The average molecular weight is 362 g/mol. The molecular weight excluding hydrogens is 352 g/mol. The first kappa shape index (κ1) is 17.9. The number of carbonyl (C=O) groups is 1. The molecule has 2 aromatic rings. The summed E-state index contributed by atoms with van der Waals surface area (Å²) in [5.74, 6) is -5.59. The first-order valence-corrected chi connectivity index (χ1v) is 7.87. The highest BCUT2D eigenvalue weighted by Crippen LogP contribution is 2.18. The Kier molecular flexibility index (Phi) is 5.20. The number of amides is 1. The summed E-state index contributed by atoms with van der Waals surface area (Å²) in [6.07, 6.45) is 0. The molecule has 0 aliphatic carbocycles. The number of halogens is 4. The minimum atomic E-state index is -4.64. The predicted molar refractivity (Wildman–Crippen MR) is 76.5 cm³/mol. The Morgan fingerprint density at radius 2 is 1.58 bits per heavy atom. The van der Waals surface area contributed by atoms with Crippen molar-refractivity contribution >= 4 is 21.6 Å². The third-order valence-electron chi connectivity index (χ3n) is 2.82. The van der Waals surface area contributed by atoms with Gasteiger partial charge in [0.15, 0.2) is 4.90 Å². The van der Waals surface area contributed by atoms with E-state index in [0.29, 0.717) is 6.07 Å². The van der Waals surface area contributed by atoms with E-state index in [0.717, 1.165) is 30.3 Å². The molecule has 0 atom stereocenters. The van der Waals surface area contributed by atoms with Crippen molar-refractivity contribution in [3.05, 3.63) is 59.7 Å². The third-order valence-corrected chi connectivity index (χ3v) is 4.27. The molecule has 0 saturated heterocycles. The molecule has 0 radical (unpaired) electrons. The lowest BCUT2D eigenvalue weighted by Gasteiger charge is -2.09. The van der Waals surface area contributed by atoms with E-state index in [2.05, 4.69) is 0 Å². The lowest BCUT2D eigenvalue weighted by molar-refractivity contribution is -0.115. The van der Waals surface area contributed by atoms with Crippen molar-refractivity contribution in [2.45, 2.75) is 4.90 Å². The summed E-state index contributed by atoms with van der Waals surface area (Å²) in [5, 5.41) is 2.00. The van der Waals surface area contributed by atoms with Crippen LogP contribution in [-0.2, 0) is 14.8 Å². The largest absolute Gasteiger partial charge is 0.322 e. The van der Waals surface area contributed by atoms with Gasteiger partial charge in [-0.05, 0) is 24.3 Å². The Hall–Kier alpha value is -2.46. The lowest BCUT2D eigenvalue weighted by atomic mass is 10.3. The van der Waals surface area contributed by atoms with E-state index in [-0.39, 0.29) is 5.69 Å². The molecule has 0 spiro atoms. The molecule has 2 N–H and O–H groups in total. The third kappa shape index (κ3) is 4.09. The molecule has 5 nitrogen and oxygen atoms in total. The smallest absolute Gasteiger partial charge is 0.246 e. The zero-order valence-corrected chi connectivity index (χ0v) is 12.6. The Labute approximate surface area is 134 Å². The predicted octanol–water partition coefficient (Wildman–Crippen LogP) is 2.16. The monoisotopic (exact) mass is 362 g/mol. The molecule has 0 fully saturated rings. The number of hydrogen-bond donors (Lipinski definition) is 2. The Balaban J connectivity index is 2.08. The maximum atomic E-state index is 13.5. The standard InChI is InChI=1S/C14H10F4N2O3S/c15-8-4-5-12(11(18)6-8)20-13(21)7-19-24(22,23)14-9(16)2-1-3-10(14)17/h1-6,19H,7H2,(H,20,21). The van der Waals surface area contributed by atoms with Gasteiger partial charge >= 0.3 is 0 Å². The van der Waals surface area contributed by atoms with Crippen LogP contribution >= 0.6 is 0 Å². The molecule has 0 saturated carbocycles. The van der Waals surface area contributed by atoms with Crippen LogP contribution in [0.5, 0.6) is 0 Å². The van der Waals surface area contributed by atoms with E-state index in [4.69, 9.17) is 0 Å². The lowest BCUT2D eigenvalue weighted by Crippen LogP contribution is -2.34. The fourth-order valence-electron chi connectivity index (χ4n) is 1.76. The van der Waals surface area contributed by atoms with Crippen LogP contribution < -0.4 is 10.0 Å². The van der Waals surface area contributed by atoms with E-state index in [9.17, 15) is 30.8 Å². The van der Waals surface area contributed by atoms with Crippen LogP contribution in [0.2, 0.25) is 0 Å². The summed E-state index contributed by atoms with van der Waals surface area (Å²) in [5.41, 5.74) is -0.377. The minimum Gasteiger partial charge on any atom is -0.322 e. The highest BCUT2D eigenvalue weighted by Gasteiger charge is 2.24. The first-order chi connectivity index (χ1) is 11.2. The summed E-state index contributed by atoms with van der Waals surface area (Å²) >= 11 is 0. The maximum absolute atomic E-state index is 13.5. The highest BCUT2D eigenvalue weighted by atomic mass is 32.2. The Bertz CT molecular complexity index is 867. The second-order valence-electron chi connectivity index (χ2n) is 4.55. The number of anilines is 1. The van der Waals surface area contributed by atoms with Gasteiger partial charge in [-0.25, -0.2) is 30.7 Å². The van der Waals surface area contributed by atoms with E-state index in [1.54, 1.807) is 4.72 Å². The number of sulfonamides is 1. The van der Waals surface area contributed by atoms with Gasteiger partial charge in [0.1, 0.15) is 23.3 Å². The molecule has 2 aromatic carbocycles. The minimum absolute atomic E-state index is 0.377. The van der Waals surface area contributed by atoms with Crippen molar-refractivity contribution in [2.24, 2.45) is 0 Å². The van der Waals surface area contributed by atoms with Gasteiger partial charge in [0.2, 0.25) is 15.9 Å². The molecule has 10 heteroatoms. The van der Waals surface area contributed by atoms with Crippen LogP contribution in [0.25, 0.3) is 0 Å². The van der Waals surface area contributed by atoms with Gasteiger partial charge in [-0.15, -0.1) is 0 Å². The van der Waals surface area contributed by atoms with Crippen LogP contribution in [0.4, 0.5) is 23.2 Å². The van der Waals surface area contributed by atoms with Crippen molar-refractivity contribution in [1.82, 2.24) is 4.72 Å². The first-order valence-electron chi connectivity index (χ1n) is 6.39. The SMILES string of the molecule is O=C(CNS(=O)(=O)c1c(F)cccc1F)Nc1ccc(F)cc1F. The number of rotatable bonds is 5. The van der Waals surface area contributed by atoms with Crippen molar-refractivity contribution in [2.75, 3.05) is 11.9 Å². The van der Waals surface area contributed by atoms with Gasteiger partial charge in [0.25, 0.3) is 0 Å². The molecule has 24 heavy (non-hydrogen) atoms. The van der Waals surface area contributed by atoms with E-state index in [1.165, 1.54) is 0 Å². The van der Waals surface area contributed by atoms with E-state index < -0.39 is 50.6 Å². The van der Waals surface area contributed by atoms with Gasteiger partial charge in [0, 0.05) is 6.07 Å². The number of benzene rings is 2. The van der Waals surface area contributed by atoms with E-state index in [1.807, 2.05) is 5.32 Å². The molecule has 0 aliphatic rings. The van der Waals surface area contributed by atoms with Crippen LogP contribution in [0.15, 0.2) is 41.3 Å². The Morgan fingerprint density at radius 3 is 2.17 bits per heavy atom. The van der Waals surface area contributed by atoms with Crippen molar-refractivity contribution in [1.29, 1.82) is 0 Å². The van der Waals surface area contributed by atoms with Crippen molar-refractivity contribution in [3.63, 3.8) is 0 Å². The summed E-state index contributed by atoms with van der Waals surface area (Å²) in [4.78, 5) is 10.4. The summed E-state index contributed by atoms with van der Waals surface area (Å²) in [7, 11) is -4.64. The van der Waals surface area contributed by atoms with Gasteiger partial charge in [0.05, 0.1) is 12.2 Å². The molecule has 0 aromatic heterocycles. The average Bonchev–Trinajstić information content (AvgIpc) is 2.48. The van der Waals surface area contributed by atoms with E-state index >= 15 is 0 Å².